The summed E-state index contributed by atoms with van der Waals surface area (Å²) in [6, 6.07) is 0.882. The number of nitrogens with zero attached hydrogens (tertiary/aromatic N) is 1. The topological polar surface area (TPSA) is 23.5 Å². The first-order valence-electron chi connectivity index (χ1n) is 8.65. The highest BCUT2D eigenvalue weighted by Gasteiger charge is 2.17. The predicted molar refractivity (Wildman–Crippen MR) is 83.5 cm³/mol. The van der Waals surface area contributed by atoms with Crippen LogP contribution in [0.15, 0.2) is 0 Å². The van der Waals surface area contributed by atoms with Gasteiger partial charge in [0.05, 0.1) is 0 Å². The maximum absolute atomic E-state index is 8.69. The van der Waals surface area contributed by atoms with Gasteiger partial charge in [0.15, 0.2) is 0 Å². The minimum absolute atomic E-state index is 0.371. The Hall–Kier alpha value is -0.0800. The summed E-state index contributed by atoms with van der Waals surface area (Å²) in [5.41, 5.74) is 0. The van der Waals surface area contributed by atoms with Crippen LogP contribution in [-0.2, 0) is 0 Å². The lowest BCUT2D eigenvalue weighted by Crippen LogP contribution is -2.35. The summed E-state index contributed by atoms with van der Waals surface area (Å²) in [6.45, 7) is 1.69. The fourth-order valence-electron chi connectivity index (χ4n) is 3.24. The zero-order valence-electron chi connectivity index (χ0n) is 13.1. The number of hydrogen-bond acceptors (Lipinski definition) is 2. The molecular formula is C17H35NO. The first-order chi connectivity index (χ1) is 9.34. The van der Waals surface area contributed by atoms with Crippen molar-refractivity contribution >= 4 is 0 Å². The van der Waals surface area contributed by atoms with Crippen LogP contribution in [0.5, 0.6) is 0 Å². The van der Waals surface area contributed by atoms with E-state index in [1.807, 2.05) is 0 Å². The third-order valence-corrected chi connectivity index (χ3v) is 4.62. The van der Waals surface area contributed by atoms with Crippen molar-refractivity contribution < 1.29 is 5.11 Å². The molecule has 2 nitrogen and oxygen atoms in total. The van der Waals surface area contributed by atoms with Crippen molar-refractivity contribution in [3.05, 3.63) is 0 Å². The van der Waals surface area contributed by atoms with E-state index < -0.39 is 0 Å². The van der Waals surface area contributed by atoms with Gasteiger partial charge in [-0.15, -0.1) is 0 Å². The van der Waals surface area contributed by atoms with E-state index in [2.05, 4.69) is 11.9 Å². The van der Waals surface area contributed by atoms with Crippen molar-refractivity contribution in [2.45, 2.75) is 89.5 Å². The van der Waals surface area contributed by atoms with Crippen LogP contribution in [0.3, 0.4) is 0 Å². The van der Waals surface area contributed by atoms with E-state index in [9.17, 15) is 0 Å². The van der Waals surface area contributed by atoms with Gasteiger partial charge in [0.1, 0.15) is 0 Å². The Balaban J connectivity index is 1.80. The fraction of sp³-hybridized carbons (Fsp3) is 1.00. The molecule has 1 fully saturated rings. The van der Waals surface area contributed by atoms with Gasteiger partial charge in [-0.05, 0) is 39.3 Å². The lowest BCUT2D eigenvalue weighted by atomic mass is 9.97. The zero-order chi connectivity index (χ0) is 13.8. The van der Waals surface area contributed by atoms with E-state index >= 15 is 0 Å². The summed E-state index contributed by atoms with van der Waals surface area (Å²) in [5.74, 6) is 0. The quantitative estimate of drug-likeness (QED) is 0.563. The van der Waals surface area contributed by atoms with Crippen LogP contribution >= 0.6 is 0 Å². The van der Waals surface area contributed by atoms with Gasteiger partial charge in [0, 0.05) is 12.6 Å². The Labute approximate surface area is 120 Å². The Kier molecular flexibility index (Phi) is 10.5. The molecular weight excluding hydrogens is 234 g/mol. The average molecular weight is 269 g/mol. The second-order valence-electron chi connectivity index (χ2n) is 6.32. The molecule has 1 aliphatic heterocycles. The van der Waals surface area contributed by atoms with Crippen molar-refractivity contribution in [2.24, 2.45) is 0 Å². The molecule has 114 valence electrons. The maximum Gasteiger partial charge on any atom is 0.0431 e. The molecule has 0 radical (unpaired) electrons. The molecule has 1 aliphatic rings. The molecule has 0 spiro atoms. The van der Waals surface area contributed by atoms with Crippen LogP contribution in [0.2, 0.25) is 0 Å². The molecule has 1 atom stereocenters. The largest absolute Gasteiger partial charge is 0.396 e. The lowest BCUT2D eigenvalue weighted by molar-refractivity contribution is 0.173. The highest BCUT2D eigenvalue weighted by atomic mass is 16.2. The van der Waals surface area contributed by atoms with Crippen molar-refractivity contribution in [2.75, 3.05) is 20.2 Å². The first-order valence-corrected chi connectivity index (χ1v) is 8.65. The van der Waals surface area contributed by atoms with E-state index in [0.29, 0.717) is 6.61 Å². The van der Waals surface area contributed by atoms with E-state index in [1.54, 1.807) is 0 Å². The van der Waals surface area contributed by atoms with Gasteiger partial charge in [-0.25, -0.2) is 0 Å². The molecule has 1 rings (SSSR count). The lowest BCUT2D eigenvalue weighted by Gasteiger charge is -2.32. The third kappa shape index (κ3) is 8.65. The van der Waals surface area contributed by atoms with Gasteiger partial charge in [-0.3, -0.25) is 0 Å². The number of rotatable bonds is 11. The monoisotopic (exact) mass is 269 g/mol. The Morgan fingerprint density at radius 2 is 1.42 bits per heavy atom. The van der Waals surface area contributed by atoms with Gasteiger partial charge >= 0.3 is 0 Å². The normalized spacial score (nSPS) is 20.8. The van der Waals surface area contributed by atoms with E-state index in [4.69, 9.17) is 5.11 Å². The number of hydrogen-bond donors (Lipinski definition) is 1. The highest BCUT2D eigenvalue weighted by molar-refractivity contribution is 4.73. The minimum atomic E-state index is 0.371. The van der Waals surface area contributed by atoms with Gasteiger partial charge in [0.25, 0.3) is 0 Å². The number of likely N-dealkylation sites (tertiary alicyclic amines) is 1. The van der Waals surface area contributed by atoms with Crippen molar-refractivity contribution in [1.29, 1.82) is 0 Å². The van der Waals surface area contributed by atoms with Crippen LogP contribution < -0.4 is 0 Å². The van der Waals surface area contributed by atoms with E-state index in [1.165, 1.54) is 83.6 Å². The van der Waals surface area contributed by atoms with Crippen LogP contribution in [0.25, 0.3) is 0 Å². The third-order valence-electron chi connectivity index (χ3n) is 4.62. The van der Waals surface area contributed by atoms with Crippen LogP contribution in [0, 0.1) is 0 Å². The molecule has 0 aromatic carbocycles. The molecule has 0 aromatic heterocycles. The number of unbranched alkanes of at least 4 members (excludes halogenated alkanes) is 8. The molecule has 2 heteroatoms. The van der Waals surface area contributed by atoms with Crippen LogP contribution in [0.1, 0.15) is 83.5 Å². The summed E-state index contributed by atoms with van der Waals surface area (Å²) in [6.07, 6.45) is 17.7. The van der Waals surface area contributed by atoms with Gasteiger partial charge in [-0.1, -0.05) is 57.8 Å². The summed E-state index contributed by atoms with van der Waals surface area (Å²) in [4.78, 5) is 2.57. The summed E-state index contributed by atoms with van der Waals surface area (Å²) in [7, 11) is 2.30. The van der Waals surface area contributed by atoms with Crippen LogP contribution in [0.4, 0.5) is 0 Å². The van der Waals surface area contributed by atoms with Crippen LogP contribution in [-0.4, -0.2) is 36.2 Å². The molecule has 1 saturated heterocycles. The fourth-order valence-corrected chi connectivity index (χ4v) is 3.24. The van der Waals surface area contributed by atoms with Gasteiger partial charge in [0.2, 0.25) is 0 Å². The second kappa shape index (κ2) is 11.7. The molecule has 0 bridgehead atoms. The Bertz CT molecular complexity index is 196. The zero-order valence-corrected chi connectivity index (χ0v) is 13.1. The smallest absolute Gasteiger partial charge is 0.0431 e. The predicted octanol–water partition coefficient (Wildman–Crippen LogP) is 4.36. The first kappa shape index (κ1) is 17.0. The highest BCUT2D eigenvalue weighted by Crippen LogP contribution is 2.20. The summed E-state index contributed by atoms with van der Waals surface area (Å²) < 4.78 is 0. The molecule has 0 unspecified atom stereocenters. The Morgan fingerprint density at radius 1 is 0.842 bits per heavy atom. The molecule has 0 aliphatic carbocycles. The standard InChI is InChI=1S/C17H35NO/c1-18-15-11-10-14-17(18)13-9-7-5-3-2-4-6-8-12-16-19/h17,19H,2-16H2,1H3/t17-/m1/s1. The molecule has 0 aromatic rings. The van der Waals surface area contributed by atoms with Crippen molar-refractivity contribution in [3.63, 3.8) is 0 Å². The van der Waals surface area contributed by atoms with Crippen molar-refractivity contribution in [3.8, 4) is 0 Å². The van der Waals surface area contributed by atoms with E-state index in [-0.39, 0.29) is 0 Å². The number of piperidine rings is 1. The second-order valence-corrected chi connectivity index (χ2v) is 6.32. The van der Waals surface area contributed by atoms with Gasteiger partial charge < -0.3 is 10.0 Å². The number of aliphatic hydroxyl groups excluding tert-OH is 1. The molecule has 0 amide bonds. The molecule has 1 heterocycles. The summed E-state index contributed by atoms with van der Waals surface area (Å²) >= 11 is 0. The van der Waals surface area contributed by atoms with Crippen molar-refractivity contribution in [1.82, 2.24) is 4.90 Å². The molecule has 0 saturated carbocycles. The minimum Gasteiger partial charge on any atom is -0.396 e. The SMILES string of the molecule is CN1CCCC[C@H]1CCCCCCCCCCCO. The van der Waals surface area contributed by atoms with E-state index in [0.717, 1.165) is 12.5 Å². The number of aliphatic hydroxyl groups is 1. The maximum atomic E-state index is 8.69. The molecule has 19 heavy (non-hydrogen) atoms. The van der Waals surface area contributed by atoms with Gasteiger partial charge in [-0.2, -0.15) is 0 Å². The molecule has 1 N–H and O–H groups in total. The average Bonchev–Trinajstić information content (AvgIpc) is 2.43. The summed E-state index contributed by atoms with van der Waals surface area (Å²) in [5, 5.41) is 8.69. The Morgan fingerprint density at radius 3 is 2.00 bits per heavy atom.